The van der Waals surface area contributed by atoms with Crippen molar-refractivity contribution in [3.05, 3.63) is 29.8 Å². The van der Waals surface area contributed by atoms with E-state index in [-0.39, 0.29) is 11.8 Å². The Morgan fingerprint density at radius 1 is 1.30 bits per heavy atom. The summed E-state index contributed by atoms with van der Waals surface area (Å²) in [5, 5.41) is 9.10. The van der Waals surface area contributed by atoms with Crippen molar-refractivity contribution >= 4 is 17.5 Å². The molecule has 1 aromatic rings. The van der Waals surface area contributed by atoms with Gasteiger partial charge >= 0.3 is 0 Å². The second-order valence-corrected chi connectivity index (χ2v) is 6.42. The minimum atomic E-state index is -0.517. The standard InChI is InChI=1S/C17H23N3O3/c1-23-11-17(8-9-18-10-17)16(22)20-14-4-2-12(3-5-14)15(21)19-13-6-7-13/h2-5,13,18H,6-11H2,1H3,(H,19,21)(H,20,22). The number of rotatable bonds is 6. The Bertz CT molecular complexity index is 575. The predicted octanol–water partition coefficient (Wildman–Crippen LogP) is 1.14. The summed E-state index contributed by atoms with van der Waals surface area (Å²) >= 11 is 0. The van der Waals surface area contributed by atoms with E-state index in [0.717, 1.165) is 25.8 Å². The van der Waals surface area contributed by atoms with Crippen LogP contribution in [0.5, 0.6) is 0 Å². The molecule has 3 rings (SSSR count). The molecular weight excluding hydrogens is 294 g/mol. The highest BCUT2D eigenvalue weighted by Gasteiger charge is 2.41. The van der Waals surface area contributed by atoms with Gasteiger partial charge in [0.25, 0.3) is 5.91 Å². The topological polar surface area (TPSA) is 79.5 Å². The fraction of sp³-hybridized carbons (Fsp3) is 0.529. The first-order valence-electron chi connectivity index (χ1n) is 8.05. The second kappa shape index (κ2) is 6.68. The lowest BCUT2D eigenvalue weighted by Gasteiger charge is -2.26. The molecule has 2 fully saturated rings. The highest BCUT2D eigenvalue weighted by Crippen LogP contribution is 2.28. The number of hydrogen-bond donors (Lipinski definition) is 3. The molecule has 0 bridgehead atoms. The van der Waals surface area contributed by atoms with Crippen molar-refractivity contribution in [1.29, 1.82) is 0 Å². The summed E-state index contributed by atoms with van der Waals surface area (Å²) in [4.78, 5) is 24.5. The van der Waals surface area contributed by atoms with Crippen molar-refractivity contribution in [3.8, 4) is 0 Å². The number of nitrogens with one attached hydrogen (secondary N) is 3. The Kier molecular flexibility index (Phi) is 4.63. The zero-order chi connectivity index (χ0) is 16.3. The van der Waals surface area contributed by atoms with Gasteiger partial charge in [-0.1, -0.05) is 0 Å². The lowest BCUT2D eigenvalue weighted by atomic mass is 9.87. The van der Waals surface area contributed by atoms with Gasteiger partial charge < -0.3 is 20.7 Å². The summed E-state index contributed by atoms with van der Waals surface area (Å²) < 4.78 is 5.23. The first-order valence-corrected chi connectivity index (χ1v) is 8.05. The Labute approximate surface area is 136 Å². The molecule has 23 heavy (non-hydrogen) atoms. The van der Waals surface area contributed by atoms with Crippen LogP contribution in [0.2, 0.25) is 0 Å². The quantitative estimate of drug-likeness (QED) is 0.735. The first-order chi connectivity index (χ1) is 11.1. The molecule has 2 amide bonds. The largest absolute Gasteiger partial charge is 0.384 e. The molecule has 1 atom stereocenters. The summed E-state index contributed by atoms with van der Waals surface area (Å²) in [7, 11) is 1.61. The number of methoxy groups -OCH3 is 1. The van der Waals surface area contributed by atoms with Gasteiger partial charge in [-0.3, -0.25) is 9.59 Å². The van der Waals surface area contributed by atoms with Crippen LogP contribution in [0.15, 0.2) is 24.3 Å². The van der Waals surface area contributed by atoms with E-state index in [2.05, 4.69) is 16.0 Å². The molecule has 0 spiro atoms. The fourth-order valence-electron chi connectivity index (χ4n) is 2.87. The third kappa shape index (κ3) is 3.71. The van der Waals surface area contributed by atoms with Gasteiger partial charge in [-0.2, -0.15) is 0 Å². The van der Waals surface area contributed by atoms with Gasteiger partial charge in [0.05, 0.1) is 12.0 Å². The van der Waals surface area contributed by atoms with E-state index in [9.17, 15) is 9.59 Å². The summed E-state index contributed by atoms with van der Waals surface area (Å²) in [5.74, 6) is -0.0965. The van der Waals surface area contributed by atoms with E-state index in [4.69, 9.17) is 4.74 Å². The van der Waals surface area contributed by atoms with Gasteiger partial charge in [-0.05, 0) is 50.1 Å². The lowest BCUT2D eigenvalue weighted by Crippen LogP contribution is -2.41. The van der Waals surface area contributed by atoms with E-state index < -0.39 is 5.41 Å². The van der Waals surface area contributed by atoms with Gasteiger partial charge in [0.2, 0.25) is 5.91 Å². The van der Waals surface area contributed by atoms with Gasteiger partial charge in [0, 0.05) is 30.9 Å². The molecule has 6 nitrogen and oxygen atoms in total. The monoisotopic (exact) mass is 317 g/mol. The average molecular weight is 317 g/mol. The van der Waals surface area contributed by atoms with Crippen molar-refractivity contribution in [2.24, 2.45) is 5.41 Å². The van der Waals surface area contributed by atoms with Crippen LogP contribution >= 0.6 is 0 Å². The van der Waals surface area contributed by atoms with Crippen molar-refractivity contribution < 1.29 is 14.3 Å². The number of hydrogen-bond acceptors (Lipinski definition) is 4. The van der Waals surface area contributed by atoms with Gasteiger partial charge in [-0.25, -0.2) is 0 Å². The van der Waals surface area contributed by atoms with Crippen LogP contribution < -0.4 is 16.0 Å². The molecule has 1 aliphatic carbocycles. The van der Waals surface area contributed by atoms with Gasteiger partial charge in [0.15, 0.2) is 0 Å². The smallest absolute Gasteiger partial charge is 0.251 e. The third-order valence-electron chi connectivity index (χ3n) is 4.46. The molecule has 1 aromatic carbocycles. The Hall–Kier alpha value is -1.92. The third-order valence-corrected chi connectivity index (χ3v) is 4.46. The highest BCUT2D eigenvalue weighted by atomic mass is 16.5. The maximum Gasteiger partial charge on any atom is 0.251 e. The van der Waals surface area contributed by atoms with E-state index >= 15 is 0 Å². The van der Waals surface area contributed by atoms with Gasteiger partial charge in [0.1, 0.15) is 0 Å². The van der Waals surface area contributed by atoms with Crippen LogP contribution in [0.1, 0.15) is 29.6 Å². The molecule has 0 radical (unpaired) electrons. The molecule has 6 heteroatoms. The number of carbonyl (C=O) groups is 2. The van der Waals surface area contributed by atoms with Crippen LogP contribution in [0.25, 0.3) is 0 Å². The molecule has 1 saturated carbocycles. The molecular formula is C17H23N3O3. The van der Waals surface area contributed by atoms with Crippen LogP contribution in [0.4, 0.5) is 5.69 Å². The molecule has 0 aromatic heterocycles. The Balaban J connectivity index is 1.62. The maximum atomic E-state index is 12.6. The van der Waals surface area contributed by atoms with E-state index in [0.29, 0.717) is 30.4 Å². The van der Waals surface area contributed by atoms with Crippen molar-refractivity contribution in [1.82, 2.24) is 10.6 Å². The minimum Gasteiger partial charge on any atom is -0.384 e. The van der Waals surface area contributed by atoms with Crippen molar-refractivity contribution in [2.45, 2.75) is 25.3 Å². The first kappa shape index (κ1) is 16.0. The summed E-state index contributed by atoms with van der Waals surface area (Å²) in [6.45, 7) is 1.83. The number of benzene rings is 1. The number of carbonyl (C=O) groups excluding carboxylic acids is 2. The van der Waals surface area contributed by atoms with E-state index in [1.807, 2.05) is 0 Å². The Morgan fingerprint density at radius 2 is 2.04 bits per heavy atom. The normalized spacial score (nSPS) is 23.5. The molecule has 1 unspecified atom stereocenters. The molecule has 124 valence electrons. The van der Waals surface area contributed by atoms with Crippen LogP contribution in [0, 0.1) is 5.41 Å². The summed E-state index contributed by atoms with van der Waals surface area (Å²) in [5.41, 5.74) is 0.793. The van der Waals surface area contributed by atoms with Crippen LogP contribution in [-0.2, 0) is 9.53 Å². The minimum absolute atomic E-state index is 0.0421. The summed E-state index contributed by atoms with van der Waals surface area (Å²) in [6, 6.07) is 7.35. The number of amides is 2. The van der Waals surface area contributed by atoms with E-state index in [1.165, 1.54) is 0 Å². The predicted molar refractivity (Wildman–Crippen MR) is 87.4 cm³/mol. The van der Waals surface area contributed by atoms with E-state index in [1.54, 1.807) is 31.4 Å². The Morgan fingerprint density at radius 3 is 2.61 bits per heavy atom. The summed E-state index contributed by atoms with van der Waals surface area (Å²) in [6.07, 6.45) is 2.89. The maximum absolute atomic E-state index is 12.6. The lowest BCUT2D eigenvalue weighted by molar-refractivity contribution is -0.127. The zero-order valence-electron chi connectivity index (χ0n) is 13.4. The molecule has 1 aliphatic heterocycles. The second-order valence-electron chi connectivity index (χ2n) is 6.42. The zero-order valence-corrected chi connectivity index (χ0v) is 13.4. The molecule has 3 N–H and O–H groups in total. The molecule has 1 heterocycles. The SMILES string of the molecule is COCC1(C(=O)Nc2ccc(C(=O)NC3CC3)cc2)CCNC1. The highest BCUT2D eigenvalue weighted by molar-refractivity contribution is 5.98. The molecule has 2 aliphatic rings. The molecule has 1 saturated heterocycles. The number of anilines is 1. The van der Waals surface area contributed by atoms with Crippen LogP contribution in [-0.4, -0.2) is 44.7 Å². The number of ether oxygens (including phenoxy) is 1. The fourth-order valence-corrected chi connectivity index (χ4v) is 2.87. The van der Waals surface area contributed by atoms with Crippen molar-refractivity contribution in [2.75, 3.05) is 32.1 Å². The van der Waals surface area contributed by atoms with Crippen LogP contribution in [0.3, 0.4) is 0 Å². The van der Waals surface area contributed by atoms with Crippen molar-refractivity contribution in [3.63, 3.8) is 0 Å². The van der Waals surface area contributed by atoms with Gasteiger partial charge in [-0.15, -0.1) is 0 Å². The average Bonchev–Trinajstić information content (AvgIpc) is 3.23.